The van der Waals surface area contributed by atoms with Crippen LogP contribution in [-0.2, 0) is 9.47 Å². The van der Waals surface area contributed by atoms with Crippen molar-refractivity contribution in [2.24, 2.45) is 52.3 Å². The van der Waals surface area contributed by atoms with Gasteiger partial charge >= 0.3 is 0 Å². The van der Waals surface area contributed by atoms with Crippen LogP contribution >= 0.6 is 15.9 Å². The van der Waals surface area contributed by atoms with E-state index in [1.165, 1.54) is 64.2 Å². The highest BCUT2D eigenvalue weighted by Crippen LogP contribution is 2.71. The SMILES string of the molecule is C[C@H]1CO[C@@]2(O[C@H]3C[C@H]4[C@@H]5CC[C@H]6CCCC[C@]6(C)[C@H]5CC[C@]4(C)[C@H]3[C@@H]2C)C(Br)C1. The average molecular weight is 480 g/mol. The van der Waals surface area contributed by atoms with Gasteiger partial charge in [0, 0.05) is 5.92 Å². The number of hydrogen-bond donors (Lipinski definition) is 0. The van der Waals surface area contributed by atoms with Gasteiger partial charge in [0.2, 0.25) is 0 Å². The first-order chi connectivity index (χ1) is 14.3. The second-order valence-corrected chi connectivity index (χ2v) is 14.1. The van der Waals surface area contributed by atoms with Crippen molar-refractivity contribution in [3.63, 3.8) is 0 Å². The molecule has 2 aliphatic heterocycles. The van der Waals surface area contributed by atoms with Gasteiger partial charge in [-0.25, -0.2) is 0 Å². The first-order valence-corrected chi connectivity index (χ1v) is 14.2. The molecule has 0 radical (unpaired) electrons. The molecule has 0 aromatic rings. The number of ether oxygens (including phenoxy) is 2. The van der Waals surface area contributed by atoms with Crippen molar-refractivity contribution in [2.75, 3.05) is 6.61 Å². The summed E-state index contributed by atoms with van der Waals surface area (Å²) in [6, 6.07) is 0. The molecule has 0 N–H and O–H groups in total. The third-order valence-corrected chi connectivity index (χ3v) is 12.8. The summed E-state index contributed by atoms with van der Waals surface area (Å²) in [4.78, 5) is 0.337. The van der Waals surface area contributed by atoms with Crippen molar-refractivity contribution in [1.82, 2.24) is 0 Å². The lowest BCUT2D eigenvalue weighted by molar-refractivity contribution is -0.267. The minimum atomic E-state index is -0.375. The summed E-state index contributed by atoms with van der Waals surface area (Å²) in [5.74, 6) is 5.24. The van der Waals surface area contributed by atoms with Crippen molar-refractivity contribution in [2.45, 2.75) is 109 Å². The van der Waals surface area contributed by atoms with E-state index in [-0.39, 0.29) is 5.79 Å². The normalized spacial score (nSPS) is 62.5. The van der Waals surface area contributed by atoms with Gasteiger partial charge in [0.25, 0.3) is 0 Å². The fraction of sp³-hybridized carbons (Fsp3) is 1.00. The van der Waals surface area contributed by atoms with E-state index in [9.17, 15) is 0 Å². The van der Waals surface area contributed by atoms with Gasteiger partial charge < -0.3 is 9.47 Å². The van der Waals surface area contributed by atoms with Crippen LogP contribution in [0.4, 0.5) is 0 Å². The molecule has 2 nitrogen and oxygen atoms in total. The lowest BCUT2D eigenvalue weighted by Crippen LogP contribution is -2.56. The Kier molecular flexibility index (Phi) is 4.86. The highest BCUT2D eigenvalue weighted by molar-refractivity contribution is 9.09. The predicted molar refractivity (Wildman–Crippen MR) is 124 cm³/mol. The predicted octanol–water partition coefficient (Wildman–Crippen LogP) is 7.20. The summed E-state index contributed by atoms with van der Waals surface area (Å²) in [7, 11) is 0. The van der Waals surface area contributed by atoms with E-state index in [1.807, 2.05) is 0 Å². The molecule has 12 atom stereocenters. The summed E-state index contributed by atoms with van der Waals surface area (Å²) in [6.45, 7) is 11.0. The average Bonchev–Trinajstić information content (AvgIpc) is 3.16. The molecule has 1 unspecified atom stereocenters. The largest absolute Gasteiger partial charge is 0.348 e. The lowest BCUT2D eigenvalue weighted by Gasteiger charge is -2.61. The van der Waals surface area contributed by atoms with Gasteiger partial charge in [0.15, 0.2) is 5.79 Å². The van der Waals surface area contributed by atoms with Crippen molar-refractivity contribution in [3.05, 3.63) is 0 Å². The van der Waals surface area contributed by atoms with Crippen LogP contribution in [0, 0.1) is 52.3 Å². The molecule has 170 valence electrons. The maximum atomic E-state index is 6.99. The first-order valence-electron chi connectivity index (χ1n) is 13.3. The number of alkyl halides is 1. The molecule has 6 fully saturated rings. The number of halogens is 1. The Morgan fingerprint density at radius 1 is 0.867 bits per heavy atom. The maximum Gasteiger partial charge on any atom is 0.184 e. The molecule has 6 rings (SSSR count). The second-order valence-electron chi connectivity index (χ2n) is 13.0. The van der Waals surface area contributed by atoms with Gasteiger partial charge in [-0.15, -0.1) is 0 Å². The van der Waals surface area contributed by atoms with E-state index in [4.69, 9.17) is 9.47 Å². The molecule has 4 saturated carbocycles. The van der Waals surface area contributed by atoms with Crippen LogP contribution in [0.25, 0.3) is 0 Å². The van der Waals surface area contributed by atoms with E-state index >= 15 is 0 Å². The van der Waals surface area contributed by atoms with E-state index in [2.05, 4.69) is 43.6 Å². The van der Waals surface area contributed by atoms with E-state index in [1.54, 1.807) is 0 Å². The zero-order valence-corrected chi connectivity index (χ0v) is 21.3. The Balaban J connectivity index is 1.28. The molecule has 6 aliphatic rings. The molecule has 0 amide bonds. The van der Waals surface area contributed by atoms with Crippen molar-refractivity contribution >= 4 is 15.9 Å². The third-order valence-electron chi connectivity index (χ3n) is 11.8. The van der Waals surface area contributed by atoms with Gasteiger partial charge in [-0.05, 0) is 97.7 Å². The molecule has 3 heteroatoms. The first kappa shape index (κ1) is 21.0. The smallest absolute Gasteiger partial charge is 0.184 e. The summed E-state index contributed by atoms with van der Waals surface area (Å²) in [5, 5.41) is 0. The van der Waals surface area contributed by atoms with Crippen LogP contribution < -0.4 is 0 Å². The Hall–Kier alpha value is 0.400. The summed E-state index contributed by atoms with van der Waals surface area (Å²) >= 11 is 4.02. The van der Waals surface area contributed by atoms with Gasteiger partial charge in [-0.1, -0.05) is 56.5 Å². The van der Waals surface area contributed by atoms with Crippen LogP contribution in [0.3, 0.4) is 0 Å². The monoisotopic (exact) mass is 478 g/mol. The molecule has 2 saturated heterocycles. The highest BCUT2D eigenvalue weighted by Gasteiger charge is 2.70. The standard InChI is InChI=1S/C27H43BrO2/c1-16-13-23(28)27(29-15-16)17(2)24-22(30-27)14-21-19-9-8-18-7-5-6-11-25(18,3)20(19)10-12-26(21,24)4/h16-24H,5-15H2,1-4H3/t16-,17+,18-,19-,20+,21+,22+,23?,24+,25+,26+,27+/m1/s1. The van der Waals surface area contributed by atoms with E-state index in [0.717, 1.165) is 30.3 Å². The Labute approximate surface area is 192 Å². The van der Waals surface area contributed by atoms with Crippen LogP contribution in [0.15, 0.2) is 0 Å². The molecule has 0 aromatic carbocycles. The zero-order valence-electron chi connectivity index (χ0n) is 19.7. The summed E-state index contributed by atoms with van der Waals surface area (Å²) in [6.07, 6.45) is 14.8. The van der Waals surface area contributed by atoms with Gasteiger partial charge in [-0.3, -0.25) is 0 Å². The molecule has 1 spiro atoms. The van der Waals surface area contributed by atoms with Gasteiger partial charge in [-0.2, -0.15) is 0 Å². The molecular formula is C27H43BrO2. The van der Waals surface area contributed by atoms with Gasteiger partial charge in [0.05, 0.1) is 17.5 Å². The Morgan fingerprint density at radius 3 is 2.50 bits per heavy atom. The quantitative estimate of drug-likeness (QED) is 0.342. The third kappa shape index (κ3) is 2.61. The molecule has 0 aromatic heterocycles. The topological polar surface area (TPSA) is 18.5 Å². The fourth-order valence-corrected chi connectivity index (χ4v) is 11.7. The second kappa shape index (κ2) is 6.95. The van der Waals surface area contributed by atoms with Crippen LogP contribution in [0.2, 0.25) is 0 Å². The molecule has 0 bridgehead atoms. The summed E-state index contributed by atoms with van der Waals surface area (Å²) in [5.41, 5.74) is 1.09. The fourth-order valence-electron chi connectivity index (χ4n) is 10.4. The van der Waals surface area contributed by atoms with Crippen LogP contribution in [0.5, 0.6) is 0 Å². The minimum Gasteiger partial charge on any atom is -0.348 e. The van der Waals surface area contributed by atoms with Crippen molar-refractivity contribution in [3.8, 4) is 0 Å². The zero-order chi connectivity index (χ0) is 20.9. The minimum absolute atomic E-state index is 0.337. The number of rotatable bonds is 0. The Bertz CT molecular complexity index is 696. The van der Waals surface area contributed by atoms with Crippen LogP contribution in [0.1, 0.15) is 91.9 Å². The lowest BCUT2D eigenvalue weighted by atomic mass is 9.44. The molecule has 30 heavy (non-hydrogen) atoms. The van der Waals surface area contributed by atoms with Gasteiger partial charge in [0.1, 0.15) is 0 Å². The highest BCUT2D eigenvalue weighted by atomic mass is 79.9. The van der Waals surface area contributed by atoms with Crippen LogP contribution in [-0.4, -0.2) is 23.3 Å². The van der Waals surface area contributed by atoms with E-state index in [0.29, 0.717) is 39.5 Å². The van der Waals surface area contributed by atoms with Crippen molar-refractivity contribution < 1.29 is 9.47 Å². The summed E-state index contributed by atoms with van der Waals surface area (Å²) < 4.78 is 13.5. The van der Waals surface area contributed by atoms with E-state index < -0.39 is 0 Å². The maximum absolute atomic E-state index is 6.99. The molecule has 2 heterocycles. The molecule has 4 aliphatic carbocycles. The number of fused-ring (bicyclic) bond motifs is 7. The number of hydrogen-bond acceptors (Lipinski definition) is 2. The van der Waals surface area contributed by atoms with Crippen molar-refractivity contribution in [1.29, 1.82) is 0 Å². The Morgan fingerprint density at radius 2 is 1.70 bits per heavy atom. The molecular weight excluding hydrogens is 436 g/mol.